The van der Waals surface area contributed by atoms with Crippen molar-refractivity contribution in [1.29, 1.82) is 0 Å². The lowest BCUT2D eigenvalue weighted by atomic mass is 9.73. The third-order valence-corrected chi connectivity index (χ3v) is 3.87. The van der Waals surface area contributed by atoms with Crippen LogP contribution in [0.15, 0.2) is 9.98 Å². The topological polar surface area (TPSA) is 43.2 Å². The molecule has 2 aliphatic heterocycles. The van der Waals surface area contributed by atoms with E-state index in [1.165, 1.54) is 0 Å². The molecule has 2 aliphatic rings. The SMILES string of the molecule is CC(C)([C@@]1(C)N=CCO1)[C@@]1(C)N=CCO1. The first kappa shape index (κ1) is 10.8. The maximum atomic E-state index is 5.71. The van der Waals surface area contributed by atoms with Crippen LogP contribution in [0.3, 0.4) is 0 Å². The molecule has 0 spiro atoms. The van der Waals surface area contributed by atoms with Crippen LogP contribution in [-0.4, -0.2) is 37.1 Å². The van der Waals surface area contributed by atoms with Crippen LogP contribution in [0.5, 0.6) is 0 Å². The van der Waals surface area contributed by atoms with Gasteiger partial charge in [0.2, 0.25) is 0 Å². The minimum absolute atomic E-state index is 0.306. The zero-order chi connectivity index (χ0) is 11.2. The molecule has 4 heteroatoms. The van der Waals surface area contributed by atoms with E-state index in [4.69, 9.17) is 9.47 Å². The van der Waals surface area contributed by atoms with E-state index >= 15 is 0 Å². The summed E-state index contributed by atoms with van der Waals surface area (Å²) < 4.78 is 11.4. The van der Waals surface area contributed by atoms with Crippen molar-refractivity contribution in [2.24, 2.45) is 15.4 Å². The molecule has 0 fully saturated rings. The summed E-state index contributed by atoms with van der Waals surface area (Å²) in [5.74, 6) is 0. The third-order valence-electron chi connectivity index (χ3n) is 3.87. The molecule has 2 rings (SSSR count). The van der Waals surface area contributed by atoms with Crippen LogP contribution >= 0.6 is 0 Å². The van der Waals surface area contributed by atoms with Gasteiger partial charge in [-0.25, -0.2) is 0 Å². The maximum Gasteiger partial charge on any atom is 0.166 e. The molecule has 0 aliphatic carbocycles. The van der Waals surface area contributed by atoms with E-state index < -0.39 is 11.4 Å². The number of hydrogen-bond acceptors (Lipinski definition) is 4. The van der Waals surface area contributed by atoms with Crippen molar-refractivity contribution in [2.45, 2.75) is 39.1 Å². The van der Waals surface area contributed by atoms with Crippen LogP contribution in [-0.2, 0) is 9.47 Å². The standard InChI is InChI=1S/C11H18N2O2/c1-9(2,10(3)12-5-7-14-10)11(4)13-6-8-15-11/h5-6H,7-8H2,1-4H3/t10-,11-/m0/s1. The summed E-state index contributed by atoms with van der Waals surface area (Å²) in [6.07, 6.45) is 3.62. The lowest BCUT2D eigenvalue weighted by Crippen LogP contribution is -2.54. The zero-order valence-electron chi connectivity index (χ0n) is 9.78. The van der Waals surface area contributed by atoms with Gasteiger partial charge in [0.05, 0.1) is 18.6 Å². The van der Waals surface area contributed by atoms with Gasteiger partial charge in [-0.2, -0.15) is 0 Å². The maximum absolute atomic E-state index is 5.71. The average Bonchev–Trinajstić information content (AvgIpc) is 2.76. The van der Waals surface area contributed by atoms with Crippen molar-refractivity contribution in [1.82, 2.24) is 0 Å². The molecule has 15 heavy (non-hydrogen) atoms. The summed E-state index contributed by atoms with van der Waals surface area (Å²) in [5, 5.41) is 0. The van der Waals surface area contributed by atoms with Gasteiger partial charge in [-0.05, 0) is 13.8 Å². The van der Waals surface area contributed by atoms with E-state index in [9.17, 15) is 0 Å². The van der Waals surface area contributed by atoms with E-state index in [2.05, 4.69) is 23.8 Å². The Labute approximate surface area is 90.4 Å². The van der Waals surface area contributed by atoms with Gasteiger partial charge in [0, 0.05) is 12.4 Å². The van der Waals surface area contributed by atoms with Crippen LogP contribution in [0.2, 0.25) is 0 Å². The summed E-state index contributed by atoms with van der Waals surface area (Å²) in [6, 6.07) is 0. The van der Waals surface area contributed by atoms with Crippen molar-refractivity contribution in [2.75, 3.05) is 13.2 Å². The fourth-order valence-electron chi connectivity index (χ4n) is 2.01. The predicted molar refractivity (Wildman–Crippen MR) is 59.5 cm³/mol. The van der Waals surface area contributed by atoms with Crippen LogP contribution in [0.25, 0.3) is 0 Å². The number of hydrogen-bond donors (Lipinski definition) is 0. The summed E-state index contributed by atoms with van der Waals surface area (Å²) in [4.78, 5) is 8.86. The lowest BCUT2D eigenvalue weighted by Gasteiger charge is -2.46. The van der Waals surface area contributed by atoms with Crippen LogP contribution in [0.4, 0.5) is 0 Å². The molecule has 0 amide bonds. The van der Waals surface area contributed by atoms with E-state index in [0.717, 1.165) is 0 Å². The van der Waals surface area contributed by atoms with E-state index in [1.54, 1.807) is 0 Å². The molecule has 0 N–H and O–H groups in total. The molecule has 0 aromatic carbocycles. The Morgan fingerprint density at radius 3 is 1.67 bits per heavy atom. The van der Waals surface area contributed by atoms with E-state index in [0.29, 0.717) is 13.2 Å². The molecule has 0 saturated carbocycles. The number of rotatable bonds is 2. The van der Waals surface area contributed by atoms with Gasteiger partial charge >= 0.3 is 0 Å². The van der Waals surface area contributed by atoms with Crippen molar-refractivity contribution in [3.05, 3.63) is 0 Å². The Bertz CT molecular complexity index is 295. The smallest absolute Gasteiger partial charge is 0.166 e. The minimum atomic E-state index is -0.552. The second-order valence-electron chi connectivity index (χ2n) is 4.84. The molecular formula is C11H18N2O2. The lowest BCUT2D eigenvalue weighted by molar-refractivity contribution is -0.179. The summed E-state index contributed by atoms with van der Waals surface area (Å²) in [7, 11) is 0. The largest absolute Gasteiger partial charge is 0.348 e. The quantitative estimate of drug-likeness (QED) is 0.695. The van der Waals surface area contributed by atoms with Crippen LogP contribution in [0.1, 0.15) is 27.7 Å². The fraction of sp³-hybridized carbons (Fsp3) is 0.818. The first-order chi connectivity index (χ1) is 6.91. The fourth-order valence-corrected chi connectivity index (χ4v) is 2.01. The van der Waals surface area contributed by atoms with Gasteiger partial charge in [-0.3, -0.25) is 9.98 Å². The average molecular weight is 210 g/mol. The van der Waals surface area contributed by atoms with E-state index in [1.807, 2.05) is 26.3 Å². The summed E-state index contributed by atoms with van der Waals surface area (Å²) >= 11 is 0. The normalized spacial score (nSPS) is 40.3. The summed E-state index contributed by atoms with van der Waals surface area (Å²) in [5.41, 5.74) is -1.41. The molecule has 0 bridgehead atoms. The first-order valence-electron chi connectivity index (χ1n) is 5.27. The number of ether oxygens (including phenoxy) is 2. The molecular weight excluding hydrogens is 192 g/mol. The molecule has 84 valence electrons. The Morgan fingerprint density at radius 2 is 1.40 bits per heavy atom. The molecule has 0 saturated heterocycles. The van der Waals surface area contributed by atoms with Gasteiger partial charge in [0.1, 0.15) is 0 Å². The Balaban J connectivity index is 2.33. The van der Waals surface area contributed by atoms with Crippen molar-refractivity contribution in [3.63, 3.8) is 0 Å². The molecule has 0 unspecified atom stereocenters. The third kappa shape index (κ3) is 1.35. The van der Waals surface area contributed by atoms with Crippen LogP contribution < -0.4 is 0 Å². The van der Waals surface area contributed by atoms with Crippen molar-refractivity contribution >= 4 is 12.4 Å². The number of aliphatic imine (C=N–C) groups is 2. The molecule has 2 heterocycles. The van der Waals surface area contributed by atoms with Gasteiger partial charge in [0.25, 0.3) is 0 Å². The van der Waals surface area contributed by atoms with E-state index in [-0.39, 0.29) is 5.41 Å². The monoisotopic (exact) mass is 210 g/mol. The highest BCUT2D eigenvalue weighted by atomic mass is 16.5. The second-order valence-corrected chi connectivity index (χ2v) is 4.84. The first-order valence-corrected chi connectivity index (χ1v) is 5.27. The van der Waals surface area contributed by atoms with Gasteiger partial charge in [0.15, 0.2) is 11.4 Å². The molecule has 0 aromatic rings. The van der Waals surface area contributed by atoms with Crippen LogP contribution in [0, 0.1) is 5.41 Å². The predicted octanol–water partition coefficient (Wildman–Crippen LogP) is 1.65. The van der Waals surface area contributed by atoms with Gasteiger partial charge in [-0.1, -0.05) is 13.8 Å². The molecule has 0 radical (unpaired) electrons. The Kier molecular flexibility index (Phi) is 2.24. The highest BCUT2D eigenvalue weighted by Crippen LogP contribution is 2.48. The Morgan fingerprint density at radius 1 is 1.00 bits per heavy atom. The van der Waals surface area contributed by atoms with Gasteiger partial charge < -0.3 is 9.47 Å². The number of nitrogens with zero attached hydrogens (tertiary/aromatic N) is 2. The highest BCUT2D eigenvalue weighted by molar-refractivity contribution is 5.62. The molecule has 2 atom stereocenters. The Hall–Kier alpha value is -0.740. The second kappa shape index (κ2) is 3.12. The highest BCUT2D eigenvalue weighted by Gasteiger charge is 2.57. The van der Waals surface area contributed by atoms with Gasteiger partial charge in [-0.15, -0.1) is 0 Å². The van der Waals surface area contributed by atoms with Crippen molar-refractivity contribution in [3.8, 4) is 0 Å². The molecule has 4 nitrogen and oxygen atoms in total. The zero-order valence-corrected chi connectivity index (χ0v) is 9.78. The molecule has 0 aromatic heterocycles. The summed E-state index contributed by atoms with van der Waals surface area (Å²) in [6.45, 7) is 9.27. The van der Waals surface area contributed by atoms with Crippen molar-refractivity contribution < 1.29 is 9.47 Å². The minimum Gasteiger partial charge on any atom is -0.348 e.